The summed E-state index contributed by atoms with van der Waals surface area (Å²) in [5.74, 6) is -1.29. The molecule has 0 aromatic carbocycles. The highest BCUT2D eigenvalue weighted by atomic mass is 16.6. The average Bonchev–Trinajstić information content (AvgIpc) is 3.90. The van der Waals surface area contributed by atoms with E-state index in [2.05, 4.69) is 26.8 Å². The lowest BCUT2D eigenvalue weighted by Gasteiger charge is -2.37. The number of epoxide rings is 1. The van der Waals surface area contributed by atoms with Gasteiger partial charge in [0.2, 0.25) is 0 Å². The fraction of sp³-hybridized carbons (Fsp3) is 0.786. The normalized spacial score (nSPS) is 29.0. The Morgan fingerprint density at radius 2 is 1.65 bits per heavy atom. The molecule has 54 heavy (non-hydrogen) atoms. The summed E-state index contributed by atoms with van der Waals surface area (Å²) >= 11 is 0. The molecule has 0 bridgehead atoms. The monoisotopic (exact) mass is 766 g/mol. The molecule has 0 spiro atoms. The molecule has 10 unspecified atom stereocenters. The number of carbonyl (C=O) groups excluding carboxylic acids is 3. The first kappa shape index (κ1) is 47.5. The van der Waals surface area contributed by atoms with Crippen molar-refractivity contribution >= 4 is 17.9 Å². The molecule has 12 nitrogen and oxygen atoms in total. The Hall–Kier alpha value is -2.61. The maximum atomic E-state index is 13.5. The number of allylic oxidation sites excluding steroid dienone is 3. The quantitative estimate of drug-likeness (QED) is 0.0272. The zero-order chi connectivity index (χ0) is 40.1. The van der Waals surface area contributed by atoms with Gasteiger partial charge in [-0.25, -0.2) is 4.79 Å². The van der Waals surface area contributed by atoms with Crippen LogP contribution in [-0.4, -0.2) is 113 Å². The maximum Gasteiger partial charge on any atom is 0.332 e. The van der Waals surface area contributed by atoms with Gasteiger partial charge < -0.3 is 42.6 Å². The third-order valence-corrected chi connectivity index (χ3v) is 9.91. The van der Waals surface area contributed by atoms with Crippen LogP contribution in [-0.2, 0) is 57.0 Å². The molecule has 2 heterocycles. The standard InChI is InChI=1S/C42H70O12/c1-11-35(49-24-22-46-12-2)32(8)41-36(53-41)26-29(5)16-15-17-30(6)40-31(7)18-19-37(51-33(9)43)42(10,50-25-23-47-13-3)21-20-34(27-38(44)54-40)52-39(45)28-48-14-4/h15-19,29,31-32,34-37,40-41H,11-14,20-28H2,1-10H3/b16-15+,19-18+,30-17+. The second-order valence-electron chi connectivity index (χ2n) is 14.6. The zero-order valence-electron chi connectivity index (χ0n) is 34.7. The van der Waals surface area contributed by atoms with Crippen molar-refractivity contribution in [3.8, 4) is 0 Å². The van der Waals surface area contributed by atoms with Gasteiger partial charge >= 0.3 is 17.9 Å². The van der Waals surface area contributed by atoms with Gasteiger partial charge in [0.1, 0.15) is 30.5 Å². The molecule has 12 heteroatoms. The fourth-order valence-electron chi connectivity index (χ4n) is 6.75. The van der Waals surface area contributed by atoms with E-state index in [0.29, 0.717) is 46.1 Å². The summed E-state index contributed by atoms with van der Waals surface area (Å²) in [6.45, 7) is 22.4. The minimum Gasteiger partial charge on any atom is -0.460 e. The average molecular weight is 767 g/mol. The third-order valence-electron chi connectivity index (χ3n) is 9.91. The number of rotatable bonds is 23. The van der Waals surface area contributed by atoms with Crippen LogP contribution < -0.4 is 0 Å². The summed E-state index contributed by atoms with van der Waals surface area (Å²) in [7, 11) is 0. The van der Waals surface area contributed by atoms with E-state index < -0.39 is 41.8 Å². The second kappa shape index (κ2) is 25.5. The van der Waals surface area contributed by atoms with Crippen LogP contribution in [0.5, 0.6) is 0 Å². The maximum absolute atomic E-state index is 13.5. The van der Waals surface area contributed by atoms with Crippen LogP contribution in [0.4, 0.5) is 0 Å². The Morgan fingerprint density at radius 1 is 0.963 bits per heavy atom. The first-order chi connectivity index (χ1) is 25.8. The van der Waals surface area contributed by atoms with Crippen LogP contribution in [0.3, 0.4) is 0 Å². The van der Waals surface area contributed by atoms with Crippen LogP contribution in [0.1, 0.15) is 101 Å². The summed E-state index contributed by atoms with van der Waals surface area (Å²) in [4.78, 5) is 38.4. The van der Waals surface area contributed by atoms with E-state index in [9.17, 15) is 14.4 Å². The van der Waals surface area contributed by atoms with Gasteiger partial charge in [0, 0.05) is 38.6 Å². The Morgan fingerprint density at radius 3 is 2.30 bits per heavy atom. The highest BCUT2D eigenvalue weighted by molar-refractivity contribution is 5.73. The zero-order valence-corrected chi connectivity index (χ0v) is 34.7. The third kappa shape index (κ3) is 17.5. The molecule has 2 rings (SSSR count). The van der Waals surface area contributed by atoms with Crippen LogP contribution in [0.15, 0.2) is 36.0 Å². The number of hydrogen-bond acceptors (Lipinski definition) is 12. The molecule has 0 aromatic heterocycles. The molecule has 310 valence electrons. The summed E-state index contributed by atoms with van der Waals surface area (Å²) in [6.07, 6.45) is 10.3. The Bertz CT molecular complexity index is 1200. The lowest BCUT2D eigenvalue weighted by atomic mass is 9.88. The molecule has 0 aromatic rings. The molecule has 1 fully saturated rings. The van der Waals surface area contributed by atoms with E-state index in [1.54, 1.807) is 13.0 Å². The van der Waals surface area contributed by atoms with Crippen LogP contribution in [0.2, 0.25) is 0 Å². The molecule has 2 aliphatic heterocycles. The van der Waals surface area contributed by atoms with E-state index in [1.807, 2.05) is 52.8 Å². The van der Waals surface area contributed by atoms with E-state index in [4.69, 9.17) is 42.6 Å². The molecule has 1 saturated heterocycles. The van der Waals surface area contributed by atoms with Crippen molar-refractivity contribution in [1.82, 2.24) is 0 Å². The lowest BCUT2D eigenvalue weighted by Crippen LogP contribution is -2.45. The van der Waals surface area contributed by atoms with Gasteiger partial charge in [-0.05, 0) is 77.9 Å². The summed E-state index contributed by atoms with van der Waals surface area (Å²) in [5.41, 5.74) is -0.183. The van der Waals surface area contributed by atoms with Crippen molar-refractivity contribution in [3.05, 3.63) is 36.0 Å². The summed E-state index contributed by atoms with van der Waals surface area (Å²) < 4.78 is 52.3. The highest BCUT2D eigenvalue weighted by Crippen LogP contribution is 2.37. The van der Waals surface area contributed by atoms with Gasteiger partial charge in [-0.1, -0.05) is 52.0 Å². The van der Waals surface area contributed by atoms with Crippen LogP contribution in [0.25, 0.3) is 0 Å². The SMILES string of the molecule is CCOCCOC(CC)C(C)C1OC1CC(C)/C=C/C=C(\C)C1OC(=O)CC(OC(=O)COCC)CCC(C)(OCCOCC)C(OC(C)=O)/C=C/C1C. The number of esters is 3. The van der Waals surface area contributed by atoms with E-state index >= 15 is 0 Å². The van der Waals surface area contributed by atoms with Crippen LogP contribution in [0, 0.1) is 17.8 Å². The predicted molar refractivity (Wildman–Crippen MR) is 206 cm³/mol. The molecule has 10 atom stereocenters. The van der Waals surface area contributed by atoms with E-state index in [0.717, 1.165) is 18.4 Å². The molecular weight excluding hydrogens is 696 g/mol. The van der Waals surface area contributed by atoms with Gasteiger partial charge in [0.15, 0.2) is 0 Å². The van der Waals surface area contributed by atoms with Crippen molar-refractivity contribution in [1.29, 1.82) is 0 Å². The van der Waals surface area contributed by atoms with Crippen molar-refractivity contribution in [3.63, 3.8) is 0 Å². The summed E-state index contributed by atoms with van der Waals surface area (Å²) in [5, 5.41) is 0. The Kier molecular flexibility index (Phi) is 22.5. The number of hydrogen-bond donors (Lipinski definition) is 0. The number of cyclic esters (lactones) is 1. The minimum absolute atomic E-state index is 0.130. The van der Waals surface area contributed by atoms with Gasteiger partial charge in [0.05, 0.1) is 51.2 Å². The summed E-state index contributed by atoms with van der Waals surface area (Å²) in [6, 6.07) is 0. The molecule has 0 saturated carbocycles. The predicted octanol–water partition coefficient (Wildman–Crippen LogP) is 6.73. The van der Waals surface area contributed by atoms with Crippen molar-refractivity contribution in [2.75, 3.05) is 52.9 Å². The Labute approximate surface area is 324 Å². The smallest absolute Gasteiger partial charge is 0.332 e. The number of carbonyl (C=O) groups is 3. The van der Waals surface area contributed by atoms with Gasteiger partial charge in [-0.15, -0.1) is 0 Å². The minimum atomic E-state index is -1.01. The van der Waals surface area contributed by atoms with E-state index in [-0.39, 0.29) is 62.1 Å². The fourth-order valence-corrected chi connectivity index (χ4v) is 6.75. The van der Waals surface area contributed by atoms with Crippen LogP contribution >= 0.6 is 0 Å². The molecule has 2 aliphatic rings. The van der Waals surface area contributed by atoms with Crippen molar-refractivity contribution in [2.24, 2.45) is 17.8 Å². The van der Waals surface area contributed by atoms with Gasteiger partial charge in [-0.3, -0.25) is 9.59 Å². The highest BCUT2D eigenvalue weighted by Gasteiger charge is 2.45. The van der Waals surface area contributed by atoms with Crippen molar-refractivity contribution < 1.29 is 57.0 Å². The molecule has 0 amide bonds. The van der Waals surface area contributed by atoms with E-state index in [1.165, 1.54) is 6.92 Å². The molecular formula is C42H70O12. The largest absolute Gasteiger partial charge is 0.460 e. The van der Waals surface area contributed by atoms with Gasteiger partial charge in [0.25, 0.3) is 0 Å². The molecule has 0 aliphatic carbocycles. The lowest BCUT2D eigenvalue weighted by molar-refractivity contribution is -0.169. The first-order valence-corrected chi connectivity index (χ1v) is 20.0. The molecule has 0 radical (unpaired) electrons. The Balaban J connectivity index is 2.25. The number of ether oxygens (including phenoxy) is 9. The second-order valence-corrected chi connectivity index (χ2v) is 14.6. The first-order valence-electron chi connectivity index (χ1n) is 20.0. The van der Waals surface area contributed by atoms with Gasteiger partial charge in [-0.2, -0.15) is 0 Å². The topological polar surface area (TPSA) is 138 Å². The molecule has 0 N–H and O–H groups in total. The van der Waals surface area contributed by atoms with Crippen molar-refractivity contribution in [2.45, 2.75) is 144 Å².